The quantitative estimate of drug-likeness (QED) is 0.904. The van der Waals surface area contributed by atoms with Crippen LogP contribution in [0.5, 0.6) is 0 Å². The van der Waals surface area contributed by atoms with Crippen LogP contribution < -0.4 is 5.32 Å². The number of carbonyl (C=O) groups is 1. The largest absolute Gasteiger partial charge is 0.349 e. The minimum atomic E-state index is 0.0794. The highest BCUT2D eigenvalue weighted by Gasteiger charge is 2.18. The Labute approximate surface area is 112 Å². The van der Waals surface area contributed by atoms with E-state index in [1.165, 1.54) is 11.3 Å². The molecule has 0 atom stereocenters. The maximum atomic E-state index is 12.0. The summed E-state index contributed by atoms with van der Waals surface area (Å²) in [5, 5.41) is 3.11. The van der Waals surface area contributed by atoms with Gasteiger partial charge in [-0.05, 0) is 58.8 Å². The number of thiophene rings is 1. The Balaban J connectivity index is 1.96. The van der Waals surface area contributed by atoms with Gasteiger partial charge in [0.25, 0.3) is 5.91 Å². The molecule has 0 saturated carbocycles. The van der Waals surface area contributed by atoms with Crippen LogP contribution in [-0.2, 0) is 0 Å². The van der Waals surface area contributed by atoms with Crippen LogP contribution >= 0.6 is 39.0 Å². The fourth-order valence-corrected chi connectivity index (χ4v) is 4.21. The second-order valence-electron chi connectivity index (χ2n) is 3.93. The van der Waals surface area contributed by atoms with Crippen molar-refractivity contribution in [1.29, 1.82) is 0 Å². The van der Waals surface area contributed by atoms with Crippen LogP contribution in [0, 0.1) is 6.92 Å². The molecule has 1 amide bonds. The summed E-state index contributed by atoms with van der Waals surface area (Å²) in [5.74, 6) is 2.41. The second kappa shape index (κ2) is 5.56. The van der Waals surface area contributed by atoms with Crippen LogP contribution in [0.25, 0.3) is 0 Å². The Morgan fingerprint density at radius 3 is 2.75 bits per heavy atom. The van der Waals surface area contributed by atoms with Crippen molar-refractivity contribution in [3.63, 3.8) is 0 Å². The van der Waals surface area contributed by atoms with Gasteiger partial charge in [0.1, 0.15) is 0 Å². The third kappa shape index (κ3) is 3.02. The van der Waals surface area contributed by atoms with Gasteiger partial charge >= 0.3 is 0 Å². The molecule has 0 radical (unpaired) electrons. The topological polar surface area (TPSA) is 29.1 Å². The van der Waals surface area contributed by atoms with Crippen molar-refractivity contribution in [2.45, 2.75) is 25.8 Å². The molecule has 2 heterocycles. The molecular weight excluding hydrogens is 306 g/mol. The van der Waals surface area contributed by atoms with E-state index in [4.69, 9.17) is 0 Å². The van der Waals surface area contributed by atoms with Crippen LogP contribution in [0.3, 0.4) is 0 Å². The first kappa shape index (κ1) is 12.5. The predicted octanol–water partition coefficient (Wildman–Crippen LogP) is 3.44. The van der Waals surface area contributed by atoms with Crippen molar-refractivity contribution in [3.8, 4) is 0 Å². The van der Waals surface area contributed by atoms with Gasteiger partial charge in [0, 0.05) is 6.04 Å². The Hall–Kier alpha value is 0. The minimum Gasteiger partial charge on any atom is -0.349 e. The highest BCUT2D eigenvalue weighted by atomic mass is 79.9. The van der Waals surface area contributed by atoms with E-state index in [-0.39, 0.29) is 5.91 Å². The lowest BCUT2D eigenvalue weighted by Gasteiger charge is -2.22. The van der Waals surface area contributed by atoms with Gasteiger partial charge in [-0.15, -0.1) is 11.3 Å². The van der Waals surface area contributed by atoms with Crippen molar-refractivity contribution < 1.29 is 4.79 Å². The summed E-state index contributed by atoms with van der Waals surface area (Å²) in [6, 6.07) is 2.32. The number of rotatable bonds is 2. The molecule has 16 heavy (non-hydrogen) atoms. The first-order valence-electron chi connectivity index (χ1n) is 5.31. The van der Waals surface area contributed by atoms with E-state index in [1.54, 1.807) is 0 Å². The number of amides is 1. The number of aryl methyl sites for hydroxylation is 1. The fourth-order valence-electron chi connectivity index (χ4n) is 1.67. The molecule has 88 valence electrons. The number of nitrogens with one attached hydrogen (secondary N) is 1. The molecule has 0 bridgehead atoms. The normalized spacial score (nSPS) is 17.4. The van der Waals surface area contributed by atoms with Crippen LogP contribution in [0.4, 0.5) is 0 Å². The van der Waals surface area contributed by atoms with E-state index in [0.717, 1.165) is 38.6 Å². The molecule has 1 aliphatic rings. The monoisotopic (exact) mass is 319 g/mol. The van der Waals surface area contributed by atoms with Gasteiger partial charge in [0.05, 0.1) is 8.66 Å². The van der Waals surface area contributed by atoms with E-state index in [0.29, 0.717) is 6.04 Å². The lowest BCUT2D eigenvalue weighted by molar-refractivity contribution is 0.0939. The van der Waals surface area contributed by atoms with E-state index >= 15 is 0 Å². The lowest BCUT2D eigenvalue weighted by atomic mass is 10.1. The first-order chi connectivity index (χ1) is 7.66. The van der Waals surface area contributed by atoms with E-state index in [9.17, 15) is 4.79 Å². The zero-order chi connectivity index (χ0) is 11.5. The molecule has 0 aliphatic carbocycles. The lowest BCUT2D eigenvalue weighted by Crippen LogP contribution is -2.36. The fraction of sp³-hybridized carbons (Fsp3) is 0.545. The van der Waals surface area contributed by atoms with E-state index in [2.05, 4.69) is 21.2 Å². The zero-order valence-electron chi connectivity index (χ0n) is 9.09. The number of halogens is 1. The third-order valence-corrected chi connectivity index (χ3v) is 5.82. The Bertz CT molecular complexity index is 366. The van der Waals surface area contributed by atoms with Crippen molar-refractivity contribution in [3.05, 3.63) is 20.3 Å². The standard InChI is InChI=1S/C11H14BrNOS2/c1-7-6-9(16-10(7)12)11(14)13-8-2-4-15-5-3-8/h6,8H,2-5H2,1H3,(H,13,14). The van der Waals surface area contributed by atoms with Gasteiger partial charge in [0.2, 0.25) is 0 Å². The molecule has 1 fully saturated rings. The second-order valence-corrected chi connectivity index (χ2v) is 7.52. The van der Waals surface area contributed by atoms with Crippen molar-refractivity contribution in [2.24, 2.45) is 0 Å². The van der Waals surface area contributed by atoms with Crippen LogP contribution in [0.15, 0.2) is 9.85 Å². The Kier molecular flexibility index (Phi) is 4.33. The molecule has 1 saturated heterocycles. The summed E-state index contributed by atoms with van der Waals surface area (Å²) in [5.41, 5.74) is 1.13. The van der Waals surface area contributed by atoms with Crippen LogP contribution in [0.1, 0.15) is 28.1 Å². The van der Waals surface area contributed by atoms with Crippen molar-refractivity contribution in [2.75, 3.05) is 11.5 Å². The molecule has 0 aromatic carbocycles. The third-order valence-electron chi connectivity index (χ3n) is 2.64. The van der Waals surface area contributed by atoms with Gasteiger partial charge in [-0.2, -0.15) is 11.8 Å². The average Bonchev–Trinajstić information content (AvgIpc) is 2.61. The summed E-state index contributed by atoms with van der Waals surface area (Å²) in [4.78, 5) is 12.8. The smallest absolute Gasteiger partial charge is 0.261 e. The van der Waals surface area contributed by atoms with Crippen LogP contribution in [-0.4, -0.2) is 23.5 Å². The molecular formula is C11H14BrNOS2. The molecule has 2 rings (SSSR count). The molecule has 1 aliphatic heterocycles. The van der Waals surface area contributed by atoms with E-state index in [1.807, 2.05) is 24.8 Å². The Morgan fingerprint density at radius 2 is 2.19 bits per heavy atom. The van der Waals surface area contributed by atoms with Crippen molar-refractivity contribution >= 4 is 44.9 Å². The van der Waals surface area contributed by atoms with Crippen molar-refractivity contribution in [1.82, 2.24) is 5.32 Å². The molecule has 1 aromatic heterocycles. The summed E-state index contributed by atoms with van der Waals surface area (Å²) >= 11 is 6.93. The molecule has 1 N–H and O–H groups in total. The maximum absolute atomic E-state index is 12.0. The first-order valence-corrected chi connectivity index (χ1v) is 8.08. The predicted molar refractivity (Wildman–Crippen MR) is 74.6 cm³/mol. The number of carbonyl (C=O) groups excluding carboxylic acids is 1. The van der Waals surface area contributed by atoms with Gasteiger partial charge in [-0.25, -0.2) is 0 Å². The number of hydrogen-bond acceptors (Lipinski definition) is 3. The van der Waals surface area contributed by atoms with Crippen LogP contribution in [0.2, 0.25) is 0 Å². The maximum Gasteiger partial charge on any atom is 0.261 e. The molecule has 1 aromatic rings. The minimum absolute atomic E-state index is 0.0794. The van der Waals surface area contributed by atoms with E-state index < -0.39 is 0 Å². The summed E-state index contributed by atoms with van der Waals surface area (Å²) < 4.78 is 1.05. The highest BCUT2D eigenvalue weighted by Crippen LogP contribution is 2.27. The van der Waals surface area contributed by atoms with Gasteiger partial charge in [-0.3, -0.25) is 4.79 Å². The van der Waals surface area contributed by atoms with Gasteiger partial charge in [-0.1, -0.05) is 0 Å². The highest BCUT2D eigenvalue weighted by molar-refractivity contribution is 9.11. The molecule has 2 nitrogen and oxygen atoms in total. The van der Waals surface area contributed by atoms with Gasteiger partial charge in [0.15, 0.2) is 0 Å². The molecule has 5 heteroatoms. The molecule has 0 unspecified atom stereocenters. The SMILES string of the molecule is Cc1cc(C(=O)NC2CCSCC2)sc1Br. The number of hydrogen-bond donors (Lipinski definition) is 1. The summed E-state index contributed by atoms with van der Waals surface area (Å²) in [7, 11) is 0. The average molecular weight is 320 g/mol. The summed E-state index contributed by atoms with van der Waals surface area (Å²) in [6.07, 6.45) is 2.20. The summed E-state index contributed by atoms with van der Waals surface area (Å²) in [6.45, 7) is 2.01. The zero-order valence-corrected chi connectivity index (χ0v) is 12.3. The molecule has 0 spiro atoms. The Morgan fingerprint density at radius 1 is 1.50 bits per heavy atom. The number of thioether (sulfide) groups is 1. The van der Waals surface area contributed by atoms with Gasteiger partial charge < -0.3 is 5.32 Å².